The smallest absolute Gasteiger partial charge is 0.153 e. The van der Waals surface area contributed by atoms with Crippen molar-refractivity contribution in [1.29, 1.82) is 0 Å². The number of nitrogens with zero attached hydrogens (tertiary/aromatic N) is 5. The van der Waals surface area contributed by atoms with Crippen molar-refractivity contribution < 1.29 is 5.11 Å². The minimum absolute atomic E-state index is 0.259. The van der Waals surface area contributed by atoms with Crippen molar-refractivity contribution in [2.45, 2.75) is 6.42 Å². The highest BCUT2D eigenvalue weighted by Crippen LogP contribution is 2.17. The lowest BCUT2D eigenvalue weighted by atomic mass is 10.1. The molecule has 0 aliphatic carbocycles. The number of aromatic nitrogens is 5. The zero-order valence-electron chi connectivity index (χ0n) is 12.2. The quantitative estimate of drug-likeness (QED) is 0.629. The van der Waals surface area contributed by atoms with Gasteiger partial charge in [0, 0.05) is 18.8 Å². The van der Waals surface area contributed by atoms with E-state index >= 15 is 0 Å². The topological polar surface area (TPSA) is 76.2 Å². The van der Waals surface area contributed by atoms with E-state index in [4.69, 9.17) is 0 Å². The van der Waals surface area contributed by atoms with E-state index in [0.29, 0.717) is 6.42 Å². The fraction of sp³-hybridized carbons (Fsp3) is 0.0588. The summed E-state index contributed by atoms with van der Waals surface area (Å²) < 4.78 is 1.82. The summed E-state index contributed by atoms with van der Waals surface area (Å²) in [4.78, 5) is 12.7. The molecule has 0 bridgehead atoms. The number of phenols is 1. The Morgan fingerprint density at radius 3 is 2.52 bits per heavy atom. The summed E-state index contributed by atoms with van der Waals surface area (Å²) in [6, 6.07) is 10.9. The number of fused-ring (bicyclic) bond motifs is 1. The van der Waals surface area contributed by atoms with Gasteiger partial charge < -0.3 is 5.11 Å². The van der Waals surface area contributed by atoms with Crippen LogP contribution in [-0.4, -0.2) is 29.7 Å². The minimum Gasteiger partial charge on any atom is -0.508 e. The molecule has 1 N–H and O–H groups in total. The summed E-state index contributed by atoms with van der Waals surface area (Å²) >= 11 is 0. The van der Waals surface area contributed by atoms with Crippen molar-refractivity contribution in [3.05, 3.63) is 72.4 Å². The average molecular weight is 303 g/mol. The molecule has 0 aliphatic rings. The molecule has 3 aromatic heterocycles. The van der Waals surface area contributed by atoms with E-state index in [2.05, 4.69) is 20.1 Å². The van der Waals surface area contributed by atoms with Crippen LogP contribution in [0, 0.1) is 0 Å². The SMILES string of the molecule is Oc1ccc(Cc2cnc3ccc(-c4cnccn4)nn23)cc1. The summed E-state index contributed by atoms with van der Waals surface area (Å²) in [7, 11) is 0. The number of hydrogen-bond acceptors (Lipinski definition) is 5. The van der Waals surface area contributed by atoms with Crippen molar-refractivity contribution in [2.24, 2.45) is 0 Å². The first-order valence-electron chi connectivity index (χ1n) is 7.17. The van der Waals surface area contributed by atoms with Crippen molar-refractivity contribution in [3.63, 3.8) is 0 Å². The lowest BCUT2D eigenvalue weighted by Gasteiger charge is -2.04. The van der Waals surface area contributed by atoms with Crippen LogP contribution in [-0.2, 0) is 6.42 Å². The zero-order valence-corrected chi connectivity index (χ0v) is 12.2. The van der Waals surface area contributed by atoms with Crippen LogP contribution in [0.4, 0.5) is 0 Å². The number of aromatic hydroxyl groups is 1. The number of rotatable bonds is 3. The summed E-state index contributed by atoms with van der Waals surface area (Å²) in [6.07, 6.45) is 7.46. The molecule has 4 aromatic rings. The Labute approximate surface area is 132 Å². The molecule has 0 saturated heterocycles. The highest BCUT2D eigenvalue weighted by molar-refractivity contribution is 5.55. The fourth-order valence-corrected chi connectivity index (χ4v) is 2.43. The van der Waals surface area contributed by atoms with E-state index in [1.165, 1.54) is 0 Å². The van der Waals surface area contributed by atoms with Gasteiger partial charge in [0.05, 0.1) is 18.1 Å². The molecular formula is C17H13N5O. The molecule has 0 unspecified atom stereocenters. The van der Waals surface area contributed by atoms with Gasteiger partial charge in [0.1, 0.15) is 17.1 Å². The lowest BCUT2D eigenvalue weighted by Crippen LogP contribution is -2.01. The van der Waals surface area contributed by atoms with E-state index in [1.807, 2.05) is 35.0 Å². The Morgan fingerprint density at radius 2 is 1.74 bits per heavy atom. The van der Waals surface area contributed by atoms with Gasteiger partial charge >= 0.3 is 0 Å². The van der Waals surface area contributed by atoms with Gasteiger partial charge in [-0.05, 0) is 29.8 Å². The molecule has 1 aromatic carbocycles. The second-order valence-electron chi connectivity index (χ2n) is 5.17. The van der Waals surface area contributed by atoms with E-state index in [1.54, 1.807) is 30.7 Å². The van der Waals surface area contributed by atoms with Crippen LogP contribution in [0.1, 0.15) is 11.3 Å². The van der Waals surface area contributed by atoms with E-state index in [9.17, 15) is 5.11 Å². The molecule has 23 heavy (non-hydrogen) atoms. The fourth-order valence-electron chi connectivity index (χ4n) is 2.43. The standard InChI is InChI=1S/C17H13N5O/c23-14-3-1-12(2-4-14)9-13-10-20-17-6-5-15(21-22(13)17)16-11-18-7-8-19-16/h1-8,10-11,23H,9H2. The largest absolute Gasteiger partial charge is 0.508 e. The predicted molar refractivity (Wildman–Crippen MR) is 84.9 cm³/mol. The molecule has 0 atom stereocenters. The molecule has 0 fully saturated rings. The van der Waals surface area contributed by atoms with Crippen LogP contribution in [0.25, 0.3) is 17.0 Å². The van der Waals surface area contributed by atoms with Gasteiger partial charge in [-0.2, -0.15) is 5.10 Å². The van der Waals surface area contributed by atoms with Gasteiger partial charge in [0.25, 0.3) is 0 Å². The predicted octanol–water partition coefficient (Wildman–Crippen LogP) is 2.48. The van der Waals surface area contributed by atoms with Crippen molar-refractivity contribution in [1.82, 2.24) is 24.6 Å². The van der Waals surface area contributed by atoms with Gasteiger partial charge in [0.2, 0.25) is 0 Å². The first-order valence-corrected chi connectivity index (χ1v) is 7.17. The molecule has 3 heterocycles. The molecule has 0 radical (unpaired) electrons. The van der Waals surface area contributed by atoms with Gasteiger partial charge in [-0.25, -0.2) is 9.50 Å². The Morgan fingerprint density at radius 1 is 0.870 bits per heavy atom. The van der Waals surface area contributed by atoms with Gasteiger partial charge in [-0.1, -0.05) is 12.1 Å². The van der Waals surface area contributed by atoms with E-state index in [0.717, 1.165) is 28.3 Å². The zero-order chi connectivity index (χ0) is 15.6. The van der Waals surface area contributed by atoms with E-state index < -0.39 is 0 Å². The van der Waals surface area contributed by atoms with Crippen molar-refractivity contribution in [2.75, 3.05) is 0 Å². The summed E-state index contributed by atoms with van der Waals surface area (Å²) in [6.45, 7) is 0. The van der Waals surface area contributed by atoms with Crippen LogP contribution in [0.5, 0.6) is 5.75 Å². The molecule has 0 aliphatic heterocycles. The maximum absolute atomic E-state index is 9.37. The molecule has 6 heteroatoms. The average Bonchev–Trinajstić information content (AvgIpc) is 3.00. The second kappa shape index (κ2) is 5.49. The van der Waals surface area contributed by atoms with Crippen LogP contribution in [0.2, 0.25) is 0 Å². The Hall–Kier alpha value is -3.28. The summed E-state index contributed by atoms with van der Waals surface area (Å²) in [5.74, 6) is 0.259. The Balaban J connectivity index is 1.74. The van der Waals surface area contributed by atoms with Crippen molar-refractivity contribution >= 4 is 5.65 Å². The van der Waals surface area contributed by atoms with Crippen LogP contribution in [0.15, 0.2) is 61.2 Å². The monoisotopic (exact) mass is 303 g/mol. The first kappa shape index (κ1) is 13.4. The molecule has 112 valence electrons. The van der Waals surface area contributed by atoms with Gasteiger partial charge in [-0.15, -0.1) is 0 Å². The third kappa shape index (κ3) is 2.62. The lowest BCUT2D eigenvalue weighted by molar-refractivity contribution is 0.475. The van der Waals surface area contributed by atoms with Crippen molar-refractivity contribution in [3.8, 4) is 17.1 Å². The van der Waals surface area contributed by atoms with Gasteiger partial charge in [-0.3, -0.25) is 9.97 Å². The number of imidazole rings is 1. The number of benzene rings is 1. The van der Waals surface area contributed by atoms with Crippen LogP contribution < -0.4 is 0 Å². The Kier molecular flexibility index (Phi) is 3.20. The maximum atomic E-state index is 9.37. The summed E-state index contributed by atoms with van der Waals surface area (Å²) in [5, 5.41) is 14.0. The Bertz CT molecular complexity index is 948. The maximum Gasteiger partial charge on any atom is 0.153 e. The number of phenolic OH excluding ortho intramolecular Hbond substituents is 1. The van der Waals surface area contributed by atoms with E-state index in [-0.39, 0.29) is 5.75 Å². The number of hydrogen-bond donors (Lipinski definition) is 1. The van der Waals surface area contributed by atoms with Crippen LogP contribution >= 0.6 is 0 Å². The van der Waals surface area contributed by atoms with Crippen LogP contribution in [0.3, 0.4) is 0 Å². The molecule has 0 saturated carbocycles. The summed E-state index contributed by atoms with van der Waals surface area (Å²) in [5.41, 5.74) is 4.30. The normalized spacial score (nSPS) is 11.0. The highest BCUT2D eigenvalue weighted by Gasteiger charge is 2.08. The first-order chi connectivity index (χ1) is 11.3. The highest BCUT2D eigenvalue weighted by atomic mass is 16.3. The van der Waals surface area contributed by atoms with Gasteiger partial charge in [0.15, 0.2) is 5.65 Å². The molecule has 6 nitrogen and oxygen atoms in total. The third-order valence-corrected chi connectivity index (χ3v) is 3.58. The molecular weight excluding hydrogens is 290 g/mol. The molecule has 0 spiro atoms. The molecule has 4 rings (SSSR count). The third-order valence-electron chi connectivity index (χ3n) is 3.58. The second-order valence-corrected chi connectivity index (χ2v) is 5.17. The minimum atomic E-state index is 0.259. The molecule has 0 amide bonds.